The third-order valence-electron chi connectivity index (χ3n) is 14.6. The molecule has 0 saturated carbocycles. The fourth-order valence-electron chi connectivity index (χ4n) is 9.41. The molecule has 0 saturated heterocycles. The maximum absolute atomic E-state index is 10.7. The number of rotatable bonds is 7. The number of hydrogen-bond donors (Lipinski definition) is 3. The first-order valence-corrected chi connectivity index (χ1v) is 31.8. The van der Waals surface area contributed by atoms with Crippen molar-refractivity contribution in [2.75, 3.05) is 14.2 Å². The monoisotopic (exact) mass is 1800 g/mol. The molecule has 0 aliphatic rings. The number of aromatic nitrogens is 7. The van der Waals surface area contributed by atoms with E-state index in [2.05, 4.69) is 59.2 Å². The summed E-state index contributed by atoms with van der Waals surface area (Å²) in [6, 6.07) is 57.4. The summed E-state index contributed by atoms with van der Waals surface area (Å²) in [5, 5.41) is 16.6. The van der Waals surface area contributed by atoms with Gasteiger partial charge in [0.05, 0.1) is 11.3 Å². The second kappa shape index (κ2) is 39.5. The second-order valence-electron chi connectivity index (χ2n) is 21.7. The Balaban J connectivity index is 0.000000286. The van der Waals surface area contributed by atoms with Gasteiger partial charge in [0.15, 0.2) is 0 Å². The van der Waals surface area contributed by atoms with Crippen molar-refractivity contribution >= 4 is 54.3 Å². The molecule has 14 aromatic rings. The van der Waals surface area contributed by atoms with Gasteiger partial charge in [-0.1, -0.05) is 91.6 Å². The fourth-order valence-corrected chi connectivity index (χ4v) is 9.41. The van der Waals surface area contributed by atoms with Crippen LogP contribution in [-0.2, 0) is 50.3 Å². The molecule has 0 amide bonds. The number of para-hydroxylation sites is 1. The standard InChI is InChI=1S/C21H20N2O.C21H19N2O.3C13H12N.CHF3O3S.2CH4O.2Ir/c2*1-12(2)18-10-19(22-11-13(18)3)17-7-5-6-15-16-9-8-14(4)23-21(16)24-20(15)17;3*1-10-8-13(14-9-11(10)2)12-6-4-3-5-7-12;2-1(3,4)8(5,6)7;2*1-2;;/h5-12H,1-4H3;5-6,8-12H,1-4H3;3*3-6,8-9H,1-2H3;(H,5,6,7);2*2H,1H3;;/q;4*-1;;;;;/i1D3,3D3,4D3,12D;1D3,4D3,12D;2*2D3;1D3;;;;;. The van der Waals surface area contributed by atoms with Gasteiger partial charge in [-0.15, -0.1) is 126 Å². The Hall–Kier alpha value is -9.33. The Morgan fingerprint density at radius 2 is 0.856 bits per heavy atom. The van der Waals surface area contributed by atoms with Crippen molar-refractivity contribution < 1.29 is 121 Å². The van der Waals surface area contributed by atoms with E-state index in [0.29, 0.717) is 88.6 Å². The second-order valence-corrected chi connectivity index (χ2v) is 23.1. The molecule has 2 atom stereocenters. The molecular formula is C84H84F3Ir2N7O7S-4. The molecule has 0 bridgehead atoms. The topological polar surface area (TPSA) is 211 Å². The molecule has 546 valence electrons. The van der Waals surface area contributed by atoms with Gasteiger partial charge in [-0.25, -0.2) is 9.97 Å². The number of benzene rings is 5. The van der Waals surface area contributed by atoms with Gasteiger partial charge >= 0.3 is 15.6 Å². The van der Waals surface area contributed by atoms with Gasteiger partial charge in [-0.05, 0) is 179 Å². The number of aryl methyl sites for hydroxylation is 10. The third-order valence-corrected chi connectivity index (χ3v) is 15.2. The summed E-state index contributed by atoms with van der Waals surface area (Å²) in [6.07, 6.45) is 7.06. The van der Waals surface area contributed by atoms with E-state index >= 15 is 0 Å². The van der Waals surface area contributed by atoms with E-state index in [1.807, 2.05) is 66.7 Å². The molecule has 3 N–H and O–H groups in total. The Bertz CT molecular complexity index is 6200. The zero-order valence-corrected chi connectivity index (χ0v) is 62.3. The molecule has 14 rings (SSSR count). The van der Waals surface area contributed by atoms with Crippen molar-refractivity contribution in [3.63, 3.8) is 0 Å². The van der Waals surface area contributed by atoms with Crippen molar-refractivity contribution in [1.82, 2.24) is 34.9 Å². The van der Waals surface area contributed by atoms with Gasteiger partial charge in [0, 0.05) is 154 Å². The number of nitrogens with zero attached hydrogens (tertiary/aromatic N) is 7. The van der Waals surface area contributed by atoms with Crippen LogP contribution in [0.4, 0.5) is 13.2 Å². The van der Waals surface area contributed by atoms with Crippen molar-refractivity contribution in [2.24, 2.45) is 0 Å². The number of halogens is 3. The first kappa shape index (κ1) is 53.4. The van der Waals surface area contributed by atoms with Crippen LogP contribution in [0.2, 0.25) is 0 Å². The Kier molecular flexibility index (Phi) is 20.3. The van der Waals surface area contributed by atoms with E-state index in [-0.39, 0.29) is 79.8 Å². The number of aliphatic hydroxyl groups is 2. The third kappa shape index (κ3) is 22.3. The van der Waals surface area contributed by atoms with Crippen LogP contribution < -0.4 is 0 Å². The number of hydrogen-bond acceptors (Lipinski definition) is 13. The van der Waals surface area contributed by atoms with Crippen molar-refractivity contribution in [2.45, 2.75) is 114 Å². The molecule has 0 spiro atoms. The van der Waals surface area contributed by atoms with Gasteiger partial charge in [0.25, 0.3) is 0 Å². The summed E-state index contributed by atoms with van der Waals surface area (Å²) < 4.78 is 268. The van der Waals surface area contributed by atoms with E-state index in [0.717, 1.165) is 66.5 Å². The van der Waals surface area contributed by atoms with Gasteiger partial charge in [0.2, 0.25) is 11.4 Å². The molecule has 5 aromatic carbocycles. The van der Waals surface area contributed by atoms with Gasteiger partial charge in [0.1, 0.15) is 5.58 Å². The predicted molar refractivity (Wildman–Crippen MR) is 403 cm³/mol. The van der Waals surface area contributed by atoms with Crippen LogP contribution in [0.1, 0.15) is 142 Å². The van der Waals surface area contributed by atoms with Crippen LogP contribution in [0.25, 0.3) is 100 Å². The minimum Gasteiger partial charge on any atom is -0.486 e. The molecule has 0 aliphatic heterocycles. The zero-order chi connectivity index (χ0) is 96.4. The molecule has 104 heavy (non-hydrogen) atoms. The number of alkyl halides is 3. The smallest absolute Gasteiger partial charge is 0.486 e. The molecule has 0 aliphatic carbocycles. The molecule has 2 radical (unpaired) electrons. The first-order valence-electron chi connectivity index (χ1n) is 43.3. The van der Waals surface area contributed by atoms with Crippen molar-refractivity contribution in [3.05, 3.63) is 280 Å². The predicted octanol–water partition coefficient (Wildman–Crippen LogP) is 20.5. The van der Waals surface area contributed by atoms with Crippen LogP contribution in [0.15, 0.2) is 198 Å². The molecule has 9 aromatic heterocycles. The summed E-state index contributed by atoms with van der Waals surface area (Å²) in [6.45, 7) is -9.51. The quantitative estimate of drug-likeness (QED) is 0.0770. The summed E-state index contributed by atoms with van der Waals surface area (Å²) in [5.41, 5.74) is 5.04. The number of aliphatic hydroxyl groups excluding tert-OH is 2. The number of fused-ring (bicyclic) bond motifs is 6. The summed E-state index contributed by atoms with van der Waals surface area (Å²) in [4.78, 5) is 29.6. The number of furan rings is 2. The minimum atomic E-state index is -5.84. The maximum Gasteiger partial charge on any atom is 0.522 e. The van der Waals surface area contributed by atoms with E-state index in [1.165, 1.54) is 43.7 Å². The van der Waals surface area contributed by atoms with E-state index in [9.17, 15) is 13.2 Å². The van der Waals surface area contributed by atoms with Crippen LogP contribution in [0, 0.1) is 93.1 Å². The minimum absolute atomic E-state index is 0. The van der Waals surface area contributed by atoms with Gasteiger partial charge in [-0.2, -0.15) is 21.6 Å². The molecule has 14 nitrogen and oxygen atoms in total. The van der Waals surface area contributed by atoms with E-state index in [4.69, 9.17) is 67.7 Å². The number of pyridine rings is 7. The fraction of sp³-hybridized carbons (Fsp3) is 0.226. The van der Waals surface area contributed by atoms with Crippen molar-refractivity contribution in [1.29, 1.82) is 0 Å². The Morgan fingerprint density at radius 3 is 1.30 bits per heavy atom. The zero-order valence-electron chi connectivity index (χ0n) is 82.7. The molecule has 2 unspecified atom stereocenters. The molecule has 9 heterocycles. The van der Waals surface area contributed by atoms with Crippen LogP contribution in [0.5, 0.6) is 0 Å². The van der Waals surface area contributed by atoms with Gasteiger partial charge < -0.3 is 39.0 Å². The maximum atomic E-state index is 10.7. The van der Waals surface area contributed by atoms with Gasteiger partial charge in [-0.3, -0.25) is 9.54 Å². The average molecular weight is 1800 g/mol. The molecular weight excluding hydrogens is 1690 g/mol. The van der Waals surface area contributed by atoms with Crippen molar-refractivity contribution in [3.8, 4) is 56.3 Å². The summed E-state index contributed by atoms with van der Waals surface area (Å²) >= 11 is 0. The first-order chi connectivity index (χ1) is 59.0. The average Bonchev–Trinajstić information content (AvgIpc) is 1.30. The SMILES string of the molecule is CO.CO.O=S(=O)(O)C(F)(F)F.[2H]C([2H])([2H])c1cc(-c2[c-]cccc2)ncc1C.[2H]C([2H])([2H])c1ccc2c(n1)oc1c(-c3cc(C([2H])(C)C([2H])([2H])[2H])c(C([2H])([2H])[2H])cn3)cccc12.[2H]C([2H])([2H])c1ccc2c(n1)oc1c(-c3cc(C([2H])(C)C([2H])([2H])[2H])c(C)cn3)[c-]ccc12.[2H]C([2H])([2H])c1cnc(-c2[c-]cccc2)cc1C.[2H]C([2H])([2H])c1cnc(-c2[c-]cccc2)cc1C.[Ir].[Ir]. The Labute approximate surface area is 671 Å². The summed E-state index contributed by atoms with van der Waals surface area (Å²) in [5.74, 6) is -4.04. The molecule has 20 heteroatoms. The van der Waals surface area contributed by atoms with Crippen LogP contribution in [-0.4, -0.2) is 77.8 Å². The largest absolute Gasteiger partial charge is 0.522 e. The Morgan fingerprint density at radius 1 is 0.442 bits per heavy atom. The normalized spacial score (nSPS) is 16.5. The van der Waals surface area contributed by atoms with E-state index < -0.39 is 82.2 Å². The molecule has 0 fully saturated rings. The van der Waals surface area contributed by atoms with Crippen LogP contribution in [0.3, 0.4) is 0 Å². The van der Waals surface area contributed by atoms with Crippen LogP contribution >= 0.6 is 0 Å². The van der Waals surface area contributed by atoms with E-state index in [1.54, 1.807) is 107 Å². The summed E-state index contributed by atoms with van der Waals surface area (Å²) in [7, 11) is -3.84.